The number of carbonyl (C=O) groups excluding carboxylic acids is 2. The van der Waals surface area contributed by atoms with E-state index in [4.69, 9.17) is 0 Å². The van der Waals surface area contributed by atoms with Crippen molar-refractivity contribution in [1.29, 1.82) is 0 Å². The fourth-order valence-electron chi connectivity index (χ4n) is 2.88. The van der Waals surface area contributed by atoms with Crippen molar-refractivity contribution < 1.29 is 35.9 Å². The van der Waals surface area contributed by atoms with Gasteiger partial charge in [0.1, 0.15) is 5.92 Å². The summed E-state index contributed by atoms with van der Waals surface area (Å²) in [5.74, 6) is -9.46. The van der Waals surface area contributed by atoms with Crippen molar-refractivity contribution in [2.24, 2.45) is 5.92 Å². The molecule has 0 aliphatic carbocycles. The SMILES string of the molecule is CCNC(=O)[C@H](C(=O)Nc1ccc(F)c(F)c1F)[C@H](C)c1cccc(C(F)(F)F)c1. The van der Waals surface area contributed by atoms with E-state index in [0.29, 0.717) is 6.07 Å². The lowest BCUT2D eigenvalue weighted by molar-refractivity contribution is -0.137. The van der Waals surface area contributed by atoms with Gasteiger partial charge in [-0.2, -0.15) is 13.2 Å². The molecule has 2 amide bonds. The van der Waals surface area contributed by atoms with Crippen molar-refractivity contribution in [3.05, 3.63) is 65.0 Å². The van der Waals surface area contributed by atoms with Crippen LogP contribution in [0.3, 0.4) is 0 Å². The number of nitrogens with one attached hydrogen (secondary N) is 2. The summed E-state index contributed by atoms with van der Waals surface area (Å²) in [6.07, 6.45) is -4.63. The summed E-state index contributed by atoms with van der Waals surface area (Å²) in [5.41, 5.74) is -1.63. The van der Waals surface area contributed by atoms with E-state index in [0.717, 1.165) is 24.3 Å². The van der Waals surface area contributed by atoms with Crippen LogP contribution in [0.1, 0.15) is 30.9 Å². The summed E-state index contributed by atoms with van der Waals surface area (Å²) in [6, 6.07) is 5.46. The predicted octanol–water partition coefficient (Wildman–Crippen LogP) is 4.62. The molecule has 0 aliphatic rings. The lowest BCUT2D eigenvalue weighted by Gasteiger charge is -2.23. The average Bonchev–Trinajstić information content (AvgIpc) is 2.68. The van der Waals surface area contributed by atoms with Crippen molar-refractivity contribution in [3.8, 4) is 0 Å². The first kappa shape index (κ1) is 23.2. The number of anilines is 1. The van der Waals surface area contributed by atoms with Crippen molar-refractivity contribution >= 4 is 17.5 Å². The minimum Gasteiger partial charge on any atom is -0.356 e. The Labute approximate surface area is 168 Å². The van der Waals surface area contributed by atoms with E-state index < -0.39 is 58.5 Å². The fourth-order valence-corrected chi connectivity index (χ4v) is 2.88. The molecule has 0 spiro atoms. The first-order valence-corrected chi connectivity index (χ1v) is 8.86. The van der Waals surface area contributed by atoms with Crippen LogP contribution in [0, 0.1) is 23.4 Å². The summed E-state index contributed by atoms with van der Waals surface area (Å²) < 4.78 is 79.4. The zero-order valence-corrected chi connectivity index (χ0v) is 15.9. The van der Waals surface area contributed by atoms with E-state index in [1.54, 1.807) is 6.92 Å². The molecule has 2 atom stereocenters. The molecule has 0 saturated carbocycles. The normalized spacial score (nSPS) is 13.5. The largest absolute Gasteiger partial charge is 0.416 e. The molecular formula is C20H18F6N2O2. The third kappa shape index (κ3) is 5.11. The van der Waals surface area contributed by atoms with Gasteiger partial charge in [0.05, 0.1) is 11.3 Å². The van der Waals surface area contributed by atoms with Crippen LogP contribution >= 0.6 is 0 Å². The molecule has 0 aromatic heterocycles. The van der Waals surface area contributed by atoms with E-state index in [1.165, 1.54) is 13.0 Å². The molecule has 0 radical (unpaired) electrons. The topological polar surface area (TPSA) is 58.2 Å². The van der Waals surface area contributed by atoms with E-state index in [1.807, 2.05) is 5.32 Å². The highest BCUT2D eigenvalue weighted by atomic mass is 19.4. The van der Waals surface area contributed by atoms with Gasteiger partial charge in [-0.1, -0.05) is 25.1 Å². The van der Waals surface area contributed by atoms with E-state index in [9.17, 15) is 35.9 Å². The first-order valence-electron chi connectivity index (χ1n) is 8.86. The third-order valence-electron chi connectivity index (χ3n) is 4.45. The average molecular weight is 432 g/mol. The molecule has 0 fully saturated rings. The monoisotopic (exact) mass is 432 g/mol. The summed E-state index contributed by atoms with van der Waals surface area (Å²) in [5, 5.41) is 4.40. The molecular weight excluding hydrogens is 414 g/mol. The van der Waals surface area contributed by atoms with Crippen molar-refractivity contribution in [3.63, 3.8) is 0 Å². The quantitative estimate of drug-likeness (QED) is 0.398. The van der Waals surface area contributed by atoms with Crippen LogP contribution in [-0.2, 0) is 15.8 Å². The number of benzene rings is 2. The highest BCUT2D eigenvalue weighted by Gasteiger charge is 2.36. The Morgan fingerprint density at radius 2 is 1.67 bits per heavy atom. The van der Waals surface area contributed by atoms with Crippen LogP contribution in [0.5, 0.6) is 0 Å². The van der Waals surface area contributed by atoms with Gasteiger partial charge in [0.2, 0.25) is 11.8 Å². The fraction of sp³-hybridized carbons (Fsp3) is 0.300. The maximum Gasteiger partial charge on any atom is 0.416 e. The Bertz CT molecular complexity index is 945. The second kappa shape index (κ2) is 9.19. The minimum atomic E-state index is -4.63. The van der Waals surface area contributed by atoms with Gasteiger partial charge in [-0.05, 0) is 30.7 Å². The van der Waals surface area contributed by atoms with Gasteiger partial charge in [-0.3, -0.25) is 9.59 Å². The number of rotatable bonds is 6. The summed E-state index contributed by atoms with van der Waals surface area (Å²) in [6.45, 7) is 3.05. The van der Waals surface area contributed by atoms with Crippen LogP contribution in [0.2, 0.25) is 0 Å². The highest BCUT2D eigenvalue weighted by Crippen LogP contribution is 2.33. The summed E-state index contributed by atoms with van der Waals surface area (Å²) in [7, 11) is 0. The van der Waals surface area contributed by atoms with Gasteiger partial charge in [0.25, 0.3) is 0 Å². The summed E-state index contributed by atoms with van der Waals surface area (Å²) in [4.78, 5) is 25.2. The Hall–Kier alpha value is -3.04. The third-order valence-corrected chi connectivity index (χ3v) is 4.45. The molecule has 2 aromatic carbocycles. The lowest BCUT2D eigenvalue weighted by atomic mass is 9.85. The molecule has 30 heavy (non-hydrogen) atoms. The first-order chi connectivity index (χ1) is 14.0. The van der Waals surface area contributed by atoms with Crippen molar-refractivity contribution in [2.75, 3.05) is 11.9 Å². The molecule has 0 heterocycles. The maximum atomic E-state index is 13.9. The second-order valence-electron chi connectivity index (χ2n) is 6.50. The van der Waals surface area contributed by atoms with Gasteiger partial charge >= 0.3 is 6.18 Å². The number of hydrogen-bond donors (Lipinski definition) is 2. The highest BCUT2D eigenvalue weighted by molar-refractivity contribution is 6.07. The minimum absolute atomic E-state index is 0.0435. The van der Waals surface area contributed by atoms with Gasteiger partial charge in [0, 0.05) is 12.5 Å². The molecule has 2 aromatic rings. The zero-order valence-electron chi connectivity index (χ0n) is 15.9. The second-order valence-corrected chi connectivity index (χ2v) is 6.50. The van der Waals surface area contributed by atoms with Crippen molar-refractivity contribution in [2.45, 2.75) is 25.9 Å². The lowest BCUT2D eigenvalue weighted by Crippen LogP contribution is -2.41. The van der Waals surface area contributed by atoms with E-state index >= 15 is 0 Å². The number of amides is 2. The van der Waals surface area contributed by atoms with Gasteiger partial charge in [0.15, 0.2) is 17.5 Å². The number of hydrogen-bond acceptors (Lipinski definition) is 2. The zero-order chi connectivity index (χ0) is 22.6. The van der Waals surface area contributed by atoms with Crippen LogP contribution in [0.25, 0.3) is 0 Å². The molecule has 0 saturated heterocycles. The molecule has 0 bridgehead atoms. The van der Waals surface area contributed by atoms with Crippen LogP contribution in [-0.4, -0.2) is 18.4 Å². The molecule has 2 rings (SSSR count). The number of carbonyl (C=O) groups is 2. The van der Waals surface area contributed by atoms with Crippen LogP contribution in [0.4, 0.5) is 32.0 Å². The molecule has 4 nitrogen and oxygen atoms in total. The smallest absolute Gasteiger partial charge is 0.356 e. The van der Waals surface area contributed by atoms with Crippen LogP contribution < -0.4 is 10.6 Å². The van der Waals surface area contributed by atoms with E-state index in [2.05, 4.69) is 5.32 Å². The van der Waals surface area contributed by atoms with Gasteiger partial charge < -0.3 is 10.6 Å². The van der Waals surface area contributed by atoms with E-state index in [-0.39, 0.29) is 12.1 Å². The molecule has 162 valence electrons. The molecule has 10 heteroatoms. The number of alkyl halides is 3. The Morgan fingerprint density at radius 1 is 1.00 bits per heavy atom. The molecule has 0 aliphatic heterocycles. The summed E-state index contributed by atoms with van der Waals surface area (Å²) >= 11 is 0. The molecule has 2 N–H and O–H groups in total. The Balaban J connectivity index is 2.40. The maximum absolute atomic E-state index is 13.9. The standard InChI is InChI=1S/C20H18F6N2O2/c1-3-27-18(29)15(10(2)11-5-4-6-12(9-11)20(24,25)26)19(30)28-14-8-7-13(21)16(22)17(14)23/h4-10,15H,3H2,1-2H3,(H,27,29)(H,28,30)/t10-,15-/m1/s1. The predicted molar refractivity (Wildman–Crippen MR) is 97.0 cm³/mol. The van der Waals surface area contributed by atoms with Crippen LogP contribution in [0.15, 0.2) is 36.4 Å². The molecule has 0 unspecified atom stereocenters. The Kier molecular flexibility index (Phi) is 7.12. The Morgan fingerprint density at radius 3 is 2.27 bits per heavy atom. The van der Waals surface area contributed by atoms with Gasteiger partial charge in [-0.25, -0.2) is 13.2 Å². The van der Waals surface area contributed by atoms with Crippen molar-refractivity contribution in [1.82, 2.24) is 5.32 Å². The van der Waals surface area contributed by atoms with Gasteiger partial charge in [-0.15, -0.1) is 0 Å². The number of halogens is 6.